The topological polar surface area (TPSA) is 56.2 Å². The lowest BCUT2D eigenvalue weighted by Gasteiger charge is -2.04. The van der Waals surface area contributed by atoms with E-state index in [0.717, 1.165) is 16.9 Å². The lowest BCUT2D eigenvalue weighted by atomic mass is 10.2. The summed E-state index contributed by atoms with van der Waals surface area (Å²) in [5.74, 6) is 1.03. The zero-order valence-corrected chi connectivity index (χ0v) is 18.0. The standard InChI is InChI=1S/C22H17Cl2N3O2S/c23-17-3-1-15(2-4-17)12-27-10-9-21(26-27)25-22(28)20-11-16(14-30-20)13-29-19-7-5-18(24)6-8-19/h1-11,14H,12-13H2,(H,25,26,28). The molecular formula is C22H17Cl2N3O2S. The highest BCUT2D eigenvalue weighted by Crippen LogP contribution is 2.20. The highest BCUT2D eigenvalue weighted by molar-refractivity contribution is 7.12. The van der Waals surface area contributed by atoms with Crippen molar-refractivity contribution in [3.05, 3.63) is 98.3 Å². The van der Waals surface area contributed by atoms with E-state index < -0.39 is 0 Å². The number of thiophene rings is 1. The summed E-state index contributed by atoms with van der Waals surface area (Å²) < 4.78 is 7.48. The Kier molecular flexibility index (Phi) is 6.38. The van der Waals surface area contributed by atoms with Gasteiger partial charge in [-0.25, -0.2) is 0 Å². The molecule has 0 atom stereocenters. The molecule has 2 aromatic carbocycles. The van der Waals surface area contributed by atoms with Gasteiger partial charge in [-0.2, -0.15) is 5.10 Å². The van der Waals surface area contributed by atoms with Gasteiger partial charge in [0.15, 0.2) is 5.82 Å². The largest absolute Gasteiger partial charge is 0.489 e. The zero-order chi connectivity index (χ0) is 20.9. The van der Waals surface area contributed by atoms with E-state index in [4.69, 9.17) is 27.9 Å². The molecule has 0 radical (unpaired) electrons. The second-order valence-electron chi connectivity index (χ2n) is 6.54. The van der Waals surface area contributed by atoms with Crippen LogP contribution in [0.15, 0.2) is 72.2 Å². The van der Waals surface area contributed by atoms with E-state index >= 15 is 0 Å². The van der Waals surface area contributed by atoms with Crippen molar-refractivity contribution in [3.8, 4) is 5.75 Å². The van der Waals surface area contributed by atoms with Crippen molar-refractivity contribution in [2.45, 2.75) is 13.2 Å². The van der Waals surface area contributed by atoms with E-state index in [1.165, 1.54) is 11.3 Å². The number of hydrogen-bond acceptors (Lipinski definition) is 4. The third kappa shape index (κ3) is 5.42. The van der Waals surface area contributed by atoms with Crippen LogP contribution in [-0.2, 0) is 13.2 Å². The van der Waals surface area contributed by atoms with Crippen molar-refractivity contribution in [3.63, 3.8) is 0 Å². The molecule has 5 nitrogen and oxygen atoms in total. The molecule has 0 aliphatic rings. The van der Waals surface area contributed by atoms with Gasteiger partial charge >= 0.3 is 0 Å². The molecule has 1 N–H and O–H groups in total. The fraction of sp³-hybridized carbons (Fsp3) is 0.0909. The molecule has 8 heteroatoms. The number of rotatable bonds is 7. The van der Waals surface area contributed by atoms with Crippen molar-refractivity contribution < 1.29 is 9.53 Å². The van der Waals surface area contributed by atoms with Gasteiger partial charge in [-0.15, -0.1) is 11.3 Å². The number of nitrogens with zero attached hydrogens (tertiary/aromatic N) is 2. The van der Waals surface area contributed by atoms with Gasteiger partial charge in [0.05, 0.1) is 11.4 Å². The van der Waals surface area contributed by atoms with Crippen LogP contribution in [0.25, 0.3) is 0 Å². The Labute approximate surface area is 187 Å². The minimum absolute atomic E-state index is 0.200. The molecule has 0 fully saturated rings. The smallest absolute Gasteiger partial charge is 0.266 e. The van der Waals surface area contributed by atoms with E-state index in [1.54, 1.807) is 22.9 Å². The highest BCUT2D eigenvalue weighted by atomic mass is 35.5. The van der Waals surface area contributed by atoms with Crippen molar-refractivity contribution in [1.82, 2.24) is 9.78 Å². The summed E-state index contributed by atoms with van der Waals surface area (Å²) in [4.78, 5) is 13.1. The molecule has 0 aliphatic heterocycles. The quantitative estimate of drug-likeness (QED) is 0.363. The van der Waals surface area contributed by atoms with Crippen molar-refractivity contribution in [1.29, 1.82) is 0 Å². The van der Waals surface area contributed by atoms with Gasteiger partial charge < -0.3 is 10.1 Å². The van der Waals surface area contributed by atoms with Crippen molar-refractivity contribution in [2.24, 2.45) is 0 Å². The van der Waals surface area contributed by atoms with Crippen LogP contribution in [0.1, 0.15) is 20.8 Å². The molecule has 1 amide bonds. The average molecular weight is 458 g/mol. The zero-order valence-electron chi connectivity index (χ0n) is 15.7. The fourth-order valence-corrected chi connectivity index (χ4v) is 3.78. The van der Waals surface area contributed by atoms with Crippen LogP contribution in [0.3, 0.4) is 0 Å². The van der Waals surface area contributed by atoms with Crippen LogP contribution in [0.2, 0.25) is 10.0 Å². The van der Waals surface area contributed by atoms with Gasteiger partial charge in [-0.1, -0.05) is 35.3 Å². The van der Waals surface area contributed by atoms with E-state index in [2.05, 4.69) is 10.4 Å². The SMILES string of the molecule is O=C(Nc1ccn(Cc2ccc(Cl)cc2)n1)c1cc(COc2ccc(Cl)cc2)cs1. The van der Waals surface area contributed by atoms with Crippen LogP contribution in [0, 0.1) is 0 Å². The number of amides is 1. The first-order chi connectivity index (χ1) is 14.5. The fourth-order valence-electron chi connectivity index (χ4n) is 2.74. The summed E-state index contributed by atoms with van der Waals surface area (Å²) in [6.07, 6.45) is 1.82. The Morgan fingerprint density at radius 3 is 2.43 bits per heavy atom. The molecule has 2 aromatic heterocycles. The van der Waals surface area contributed by atoms with Crippen LogP contribution < -0.4 is 10.1 Å². The number of nitrogens with one attached hydrogen (secondary N) is 1. The second-order valence-corrected chi connectivity index (χ2v) is 8.33. The van der Waals surface area contributed by atoms with Crippen LogP contribution >= 0.6 is 34.5 Å². The van der Waals surface area contributed by atoms with E-state index in [9.17, 15) is 4.79 Å². The Morgan fingerprint density at radius 1 is 1.00 bits per heavy atom. The maximum absolute atomic E-state index is 12.5. The molecular weight excluding hydrogens is 441 g/mol. The second kappa shape index (κ2) is 9.34. The molecule has 0 saturated heterocycles. The molecule has 2 heterocycles. The first-order valence-electron chi connectivity index (χ1n) is 9.10. The van der Waals surface area contributed by atoms with Gasteiger partial charge in [0.25, 0.3) is 5.91 Å². The van der Waals surface area contributed by atoms with Crippen LogP contribution in [0.5, 0.6) is 5.75 Å². The van der Waals surface area contributed by atoms with Crippen LogP contribution in [-0.4, -0.2) is 15.7 Å². The molecule has 4 rings (SSSR count). The number of carbonyl (C=O) groups is 1. The Morgan fingerprint density at radius 2 is 1.70 bits per heavy atom. The van der Waals surface area contributed by atoms with E-state index in [-0.39, 0.29) is 5.91 Å². The van der Waals surface area contributed by atoms with Gasteiger partial charge in [-0.05, 0) is 53.4 Å². The highest BCUT2D eigenvalue weighted by Gasteiger charge is 2.12. The molecule has 0 saturated carbocycles. The Hall–Kier alpha value is -2.80. The molecule has 30 heavy (non-hydrogen) atoms. The minimum atomic E-state index is -0.200. The summed E-state index contributed by atoms with van der Waals surface area (Å²) in [6.45, 7) is 0.972. The summed E-state index contributed by atoms with van der Waals surface area (Å²) in [5.41, 5.74) is 2.00. The molecule has 0 bridgehead atoms. The third-order valence-electron chi connectivity index (χ3n) is 4.24. The number of aromatic nitrogens is 2. The monoisotopic (exact) mass is 457 g/mol. The van der Waals surface area contributed by atoms with Gasteiger partial charge in [0, 0.05) is 27.9 Å². The maximum Gasteiger partial charge on any atom is 0.266 e. The number of anilines is 1. The molecule has 0 aliphatic carbocycles. The normalized spacial score (nSPS) is 10.7. The number of carbonyl (C=O) groups excluding carboxylic acids is 1. The van der Waals surface area contributed by atoms with E-state index in [1.807, 2.05) is 54.0 Å². The lowest BCUT2D eigenvalue weighted by molar-refractivity contribution is 0.103. The summed E-state index contributed by atoms with van der Waals surface area (Å²) in [5, 5.41) is 10.5. The molecule has 0 spiro atoms. The molecule has 4 aromatic rings. The predicted molar refractivity (Wildman–Crippen MR) is 121 cm³/mol. The van der Waals surface area contributed by atoms with Crippen molar-refractivity contribution >= 4 is 46.3 Å². The summed E-state index contributed by atoms with van der Waals surface area (Å²) in [7, 11) is 0. The van der Waals surface area contributed by atoms with Crippen LogP contribution in [0.4, 0.5) is 5.82 Å². The minimum Gasteiger partial charge on any atom is -0.489 e. The Balaban J connectivity index is 1.32. The number of hydrogen-bond donors (Lipinski definition) is 1. The summed E-state index contributed by atoms with van der Waals surface area (Å²) >= 11 is 13.1. The van der Waals surface area contributed by atoms with Gasteiger partial charge in [0.2, 0.25) is 0 Å². The lowest BCUT2D eigenvalue weighted by Crippen LogP contribution is -2.11. The number of ether oxygens (including phenoxy) is 1. The third-order valence-corrected chi connectivity index (χ3v) is 5.72. The van der Waals surface area contributed by atoms with Gasteiger partial charge in [0.1, 0.15) is 12.4 Å². The average Bonchev–Trinajstić information content (AvgIpc) is 3.39. The molecule has 152 valence electrons. The first kappa shape index (κ1) is 20.5. The number of benzene rings is 2. The number of halogens is 2. The maximum atomic E-state index is 12.5. The van der Waals surface area contributed by atoms with E-state index in [0.29, 0.717) is 33.9 Å². The van der Waals surface area contributed by atoms with Crippen molar-refractivity contribution in [2.75, 3.05) is 5.32 Å². The Bertz CT molecular complexity index is 1140. The summed E-state index contributed by atoms with van der Waals surface area (Å²) in [6, 6.07) is 18.3. The molecule has 0 unspecified atom stereocenters. The predicted octanol–water partition coefficient (Wildman–Crippen LogP) is 6.13. The first-order valence-corrected chi connectivity index (χ1v) is 10.7. The van der Waals surface area contributed by atoms with Gasteiger partial charge in [-0.3, -0.25) is 9.48 Å².